The number of amides is 1. The van der Waals surface area contributed by atoms with Crippen molar-refractivity contribution in [2.45, 2.75) is 52.5 Å². The fraction of sp³-hybridized carbons (Fsp3) is 0.909. The molecule has 0 aromatic rings. The highest BCUT2D eigenvalue weighted by Gasteiger charge is 2.35. The van der Waals surface area contributed by atoms with Gasteiger partial charge in [-0.3, -0.25) is 4.79 Å². The average Bonchev–Trinajstić information content (AvgIpc) is 2.03. The summed E-state index contributed by atoms with van der Waals surface area (Å²) in [7, 11) is 0. The van der Waals surface area contributed by atoms with Crippen LogP contribution in [-0.2, 0) is 4.79 Å². The molecule has 0 aromatic heterocycles. The molecular weight excluding hydrogens is 162 g/mol. The van der Waals surface area contributed by atoms with Crippen molar-refractivity contribution in [1.82, 2.24) is 4.90 Å². The molecule has 2 nitrogen and oxygen atoms in total. The fourth-order valence-electron chi connectivity index (χ4n) is 2.59. The second kappa shape index (κ2) is 3.32. The summed E-state index contributed by atoms with van der Waals surface area (Å²) in [5.74, 6) is 0. The van der Waals surface area contributed by atoms with Crippen molar-refractivity contribution in [3.63, 3.8) is 0 Å². The predicted molar refractivity (Wildman–Crippen MR) is 54.5 cm³/mol. The SMILES string of the molecule is CC1(C)CCCN(C=O)C(C)(C)C1. The van der Waals surface area contributed by atoms with E-state index in [9.17, 15) is 4.79 Å². The average molecular weight is 183 g/mol. The lowest BCUT2D eigenvalue weighted by Crippen LogP contribution is -2.44. The Balaban J connectivity index is 2.81. The van der Waals surface area contributed by atoms with Gasteiger partial charge in [0.25, 0.3) is 0 Å². The molecule has 1 fully saturated rings. The standard InChI is InChI=1S/C11H21NO/c1-10(2)6-5-7-12(9-13)11(3,4)8-10/h9H,5-8H2,1-4H3. The Kier molecular flexibility index (Phi) is 2.69. The number of hydrogen-bond acceptors (Lipinski definition) is 1. The highest BCUT2D eigenvalue weighted by atomic mass is 16.1. The van der Waals surface area contributed by atoms with Crippen molar-refractivity contribution in [3.05, 3.63) is 0 Å². The number of carbonyl (C=O) groups is 1. The molecule has 0 unspecified atom stereocenters. The minimum Gasteiger partial charge on any atom is -0.340 e. The van der Waals surface area contributed by atoms with Crippen LogP contribution in [0.4, 0.5) is 0 Å². The molecule has 1 aliphatic rings. The summed E-state index contributed by atoms with van der Waals surface area (Å²) in [5, 5.41) is 0. The van der Waals surface area contributed by atoms with Crippen LogP contribution in [0, 0.1) is 5.41 Å². The lowest BCUT2D eigenvalue weighted by Gasteiger charge is -2.37. The van der Waals surface area contributed by atoms with Crippen molar-refractivity contribution in [3.8, 4) is 0 Å². The van der Waals surface area contributed by atoms with Gasteiger partial charge in [-0.25, -0.2) is 0 Å². The maximum Gasteiger partial charge on any atom is 0.210 e. The molecule has 0 aromatic carbocycles. The first-order chi connectivity index (χ1) is 5.87. The Hall–Kier alpha value is -0.530. The van der Waals surface area contributed by atoms with Gasteiger partial charge < -0.3 is 4.90 Å². The van der Waals surface area contributed by atoms with E-state index in [-0.39, 0.29) is 5.54 Å². The highest BCUT2D eigenvalue weighted by Crippen LogP contribution is 2.37. The number of carbonyl (C=O) groups excluding carboxylic acids is 1. The second-order valence-electron chi connectivity index (χ2n) is 5.56. The van der Waals surface area contributed by atoms with Gasteiger partial charge in [0.2, 0.25) is 6.41 Å². The molecule has 1 saturated heterocycles. The van der Waals surface area contributed by atoms with Crippen molar-refractivity contribution < 1.29 is 4.79 Å². The third-order valence-electron chi connectivity index (χ3n) is 3.07. The van der Waals surface area contributed by atoms with Crippen molar-refractivity contribution in [2.75, 3.05) is 6.54 Å². The van der Waals surface area contributed by atoms with E-state index < -0.39 is 0 Å². The summed E-state index contributed by atoms with van der Waals surface area (Å²) in [4.78, 5) is 12.8. The molecule has 1 amide bonds. The Morgan fingerprint density at radius 3 is 2.38 bits per heavy atom. The van der Waals surface area contributed by atoms with E-state index in [1.54, 1.807) is 0 Å². The highest BCUT2D eigenvalue weighted by molar-refractivity contribution is 5.48. The summed E-state index contributed by atoms with van der Waals surface area (Å²) in [6.45, 7) is 9.83. The molecule has 1 heterocycles. The number of likely N-dealkylation sites (tertiary alicyclic amines) is 1. The molecule has 0 atom stereocenters. The second-order valence-corrected chi connectivity index (χ2v) is 5.56. The normalized spacial score (nSPS) is 26.6. The molecular formula is C11H21NO. The molecule has 0 bridgehead atoms. The predicted octanol–water partition coefficient (Wildman–Crippen LogP) is 2.43. The molecule has 1 aliphatic heterocycles. The molecule has 2 heteroatoms. The van der Waals surface area contributed by atoms with Crippen LogP contribution in [-0.4, -0.2) is 23.4 Å². The molecule has 0 spiro atoms. The van der Waals surface area contributed by atoms with Gasteiger partial charge in [0.1, 0.15) is 0 Å². The first kappa shape index (κ1) is 10.6. The van der Waals surface area contributed by atoms with Crippen LogP contribution < -0.4 is 0 Å². The van der Waals surface area contributed by atoms with Gasteiger partial charge in [0.05, 0.1) is 0 Å². The van der Waals surface area contributed by atoms with Gasteiger partial charge in [-0.1, -0.05) is 13.8 Å². The van der Waals surface area contributed by atoms with Crippen LogP contribution in [0.5, 0.6) is 0 Å². The lowest BCUT2D eigenvalue weighted by molar-refractivity contribution is -0.123. The van der Waals surface area contributed by atoms with E-state index >= 15 is 0 Å². The van der Waals surface area contributed by atoms with E-state index in [4.69, 9.17) is 0 Å². The van der Waals surface area contributed by atoms with Gasteiger partial charge in [-0.2, -0.15) is 0 Å². The molecule has 76 valence electrons. The van der Waals surface area contributed by atoms with E-state index in [1.165, 1.54) is 6.42 Å². The van der Waals surface area contributed by atoms with Crippen LogP contribution in [0.3, 0.4) is 0 Å². The van der Waals surface area contributed by atoms with Gasteiger partial charge in [-0.05, 0) is 38.5 Å². The minimum atomic E-state index is 0.0295. The van der Waals surface area contributed by atoms with E-state index in [0.29, 0.717) is 5.41 Å². The van der Waals surface area contributed by atoms with Crippen LogP contribution >= 0.6 is 0 Å². The molecule has 1 rings (SSSR count). The quantitative estimate of drug-likeness (QED) is 0.572. The Morgan fingerprint density at radius 1 is 1.23 bits per heavy atom. The van der Waals surface area contributed by atoms with Gasteiger partial charge in [0, 0.05) is 12.1 Å². The maximum absolute atomic E-state index is 10.9. The van der Waals surface area contributed by atoms with Gasteiger partial charge >= 0.3 is 0 Å². The van der Waals surface area contributed by atoms with Crippen molar-refractivity contribution in [2.24, 2.45) is 5.41 Å². The van der Waals surface area contributed by atoms with E-state index in [2.05, 4.69) is 27.7 Å². The molecule has 0 radical (unpaired) electrons. The topological polar surface area (TPSA) is 20.3 Å². The van der Waals surface area contributed by atoms with Crippen LogP contribution in [0.1, 0.15) is 47.0 Å². The summed E-state index contributed by atoms with van der Waals surface area (Å²) in [6, 6.07) is 0. The number of hydrogen-bond donors (Lipinski definition) is 0. The first-order valence-corrected chi connectivity index (χ1v) is 5.09. The summed E-state index contributed by atoms with van der Waals surface area (Å²) in [5.41, 5.74) is 0.406. The minimum absolute atomic E-state index is 0.0295. The third-order valence-corrected chi connectivity index (χ3v) is 3.07. The number of nitrogens with zero attached hydrogens (tertiary/aromatic N) is 1. The monoisotopic (exact) mass is 183 g/mol. The van der Waals surface area contributed by atoms with Crippen molar-refractivity contribution >= 4 is 6.41 Å². The molecule has 0 aliphatic carbocycles. The van der Waals surface area contributed by atoms with Crippen molar-refractivity contribution in [1.29, 1.82) is 0 Å². The smallest absolute Gasteiger partial charge is 0.210 e. The first-order valence-electron chi connectivity index (χ1n) is 5.09. The molecule has 0 N–H and O–H groups in total. The zero-order valence-electron chi connectivity index (χ0n) is 9.26. The van der Waals surface area contributed by atoms with Crippen LogP contribution in [0.2, 0.25) is 0 Å². The molecule has 13 heavy (non-hydrogen) atoms. The third kappa shape index (κ3) is 2.45. The van der Waals surface area contributed by atoms with Gasteiger partial charge in [-0.15, -0.1) is 0 Å². The summed E-state index contributed by atoms with van der Waals surface area (Å²) >= 11 is 0. The largest absolute Gasteiger partial charge is 0.340 e. The van der Waals surface area contributed by atoms with Crippen LogP contribution in [0.25, 0.3) is 0 Å². The molecule has 0 saturated carbocycles. The summed E-state index contributed by atoms with van der Waals surface area (Å²) in [6.07, 6.45) is 4.45. The van der Waals surface area contributed by atoms with E-state index in [1.807, 2.05) is 4.90 Å². The van der Waals surface area contributed by atoms with Gasteiger partial charge in [0.15, 0.2) is 0 Å². The van der Waals surface area contributed by atoms with E-state index in [0.717, 1.165) is 25.8 Å². The zero-order valence-corrected chi connectivity index (χ0v) is 9.26. The Bertz CT molecular complexity index is 196. The Labute approximate surface area is 81.3 Å². The Morgan fingerprint density at radius 2 is 1.85 bits per heavy atom. The zero-order chi connectivity index (χ0) is 10.1. The van der Waals surface area contributed by atoms with Crippen LogP contribution in [0.15, 0.2) is 0 Å². The number of rotatable bonds is 1. The fourth-order valence-corrected chi connectivity index (χ4v) is 2.59. The maximum atomic E-state index is 10.9. The summed E-state index contributed by atoms with van der Waals surface area (Å²) < 4.78 is 0. The lowest BCUT2D eigenvalue weighted by atomic mass is 9.78.